The number of benzene rings is 2. The minimum atomic E-state index is -0.881. The molecular formula is C26H32FN3O4. The fourth-order valence-corrected chi connectivity index (χ4v) is 4.06. The van der Waals surface area contributed by atoms with Crippen molar-refractivity contribution < 1.29 is 23.7 Å². The lowest BCUT2D eigenvalue weighted by Gasteiger charge is -2.38. The van der Waals surface area contributed by atoms with E-state index in [1.165, 1.54) is 12.1 Å². The summed E-state index contributed by atoms with van der Waals surface area (Å²) in [6.45, 7) is 3.93. The Bertz CT molecular complexity index is 1020. The van der Waals surface area contributed by atoms with Crippen LogP contribution in [0.2, 0.25) is 0 Å². The number of aliphatic hydroxyl groups is 1. The van der Waals surface area contributed by atoms with Gasteiger partial charge >= 0.3 is 0 Å². The summed E-state index contributed by atoms with van der Waals surface area (Å²) in [6.07, 6.45) is 7.61. The van der Waals surface area contributed by atoms with E-state index in [1.54, 1.807) is 31.8 Å². The molecule has 34 heavy (non-hydrogen) atoms. The highest BCUT2D eigenvalue weighted by molar-refractivity contribution is 5.43. The molecule has 2 aromatic carbocycles. The third kappa shape index (κ3) is 6.71. The smallest absolute Gasteiger partial charge is 0.161 e. The Morgan fingerprint density at radius 2 is 1.85 bits per heavy atom. The molecule has 8 heteroatoms. The van der Waals surface area contributed by atoms with E-state index in [4.69, 9.17) is 14.2 Å². The number of rotatable bonds is 11. The summed E-state index contributed by atoms with van der Waals surface area (Å²) in [5, 5.41) is 10.9. The molecule has 1 saturated heterocycles. The average Bonchev–Trinajstić information content (AvgIpc) is 3.37. The van der Waals surface area contributed by atoms with Crippen LogP contribution in [0.3, 0.4) is 0 Å². The second-order valence-electron chi connectivity index (χ2n) is 8.73. The van der Waals surface area contributed by atoms with Crippen LogP contribution < -0.4 is 14.2 Å². The molecule has 1 aromatic heterocycles. The van der Waals surface area contributed by atoms with Crippen LogP contribution in [0.15, 0.2) is 61.2 Å². The normalized spacial score (nSPS) is 15.7. The van der Waals surface area contributed by atoms with E-state index in [9.17, 15) is 9.50 Å². The number of aromatic nitrogens is 2. The molecule has 0 saturated carbocycles. The minimum absolute atomic E-state index is 0.200. The van der Waals surface area contributed by atoms with Crippen molar-refractivity contribution in [2.24, 2.45) is 0 Å². The van der Waals surface area contributed by atoms with Crippen LogP contribution in [0.4, 0.5) is 4.39 Å². The second kappa shape index (κ2) is 11.4. The van der Waals surface area contributed by atoms with E-state index in [-0.39, 0.29) is 12.4 Å². The van der Waals surface area contributed by atoms with E-state index in [0.29, 0.717) is 25.2 Å². The summed E-state index contributed by atoms with van der Waals surface area (Å²) in [5.74, 6) is 1.72. The summed E-state index contributed by atoms with van der Waals surface area (Å²) < 4.78 is 32.3. The number of methoxy groups -OCH3 is 1. The highest BCUT2D eigenvalue weighted by Gasteiger charge is 2.33. The molecule has 2 heterocycles. The zero-order chi connectivity index (χ0) is 23.8. The summed E-state index contributed by atoms with van der Waals surface area (Å²) in [6, 6.07) is 11.9. The Morgan fingerprint density at radius 1 is 1.06 bits per heavy atom. The monoisotopic (exact) mass is 469 g/mol. The van der Waals surface area contributed by atoms with Crippen LogP contribution in [0.1, 0.15) is 24.8 Å². The van der Waals surface area contributed by atoms with Crippen molar-refractivity contribution in [3.63, 3.8) is 0 Å². The maximum absolute atomic E-state index is 13.0. The van der Waals surface area contributed by atoms with E-state index in [0.717, 1.165) is 49.7 Å². The number of hydrogen-bond acceptors (Lipinski definition) is 6. The molecule has 0 bridgehead atoms. The van der Waals surface area contributed by atoms with Crippen molar-refractivity contribution in [1.29, 1.82) is 0 Å². The second-order valence-corrected chi connectivity index (χ2v) is 8.73. The third-order valence-electron chi connectivity index (χ3n) is 6.12. The molecule has 1 N–H and O–H groups in total. The SMILES string of the molecule is COc1ccc(CN2CCC(O)(COc3ccc(F)cc3)CC2)cc1OCCCn1ccnc1. The van der Waals surface area contributed by atoms with Crippen LogP contribution in [0.25, 0.3) is 0 Å². The van der Waals surface area contributed by atoms with Crippen LogP contribution in [0.5, 0.6) is 17.2 Å². The lowest BCUT2D eigenvalue weighted by molar-refractivity contribution is -0.0537. The van der Waals surface area contributed by atoms with Crippen molar-refractivity contribution in [3.8, 4) is 17.2 Å². The summed E-state index contributed by atoms with van der Waals surface area (Å²) in [4.78, 5) is 6.37. The maximum atomic E-state index is 13.0. The number of nitrogens with zero attached hydrogens (tertiary/aromatic N) is 3. The van der Waals surface area contributed by atoms with Gasteiger partial charge in [-0.2, -0.15) is 0 Å². The lowest BCUT2D eigenvalue weighted by Crippen LogP contribution is -2.47. The predicted octanol–water partition coefficient (Wildman–Crippen LogP) is 3.91. The number of halogens is 1. The molecule has 1 aliphatic heterocycles. The Morgan fingerprint density at radius 3 is 2.56 bits per heavy atom. The molecule has 0 amide bonds. The zero-order valence-electron chi connectivity index (χ0n) is 19.5. The number of ether oxygens (including phenoxy) is 3. The van der Waals surface area contributed by atoms with Gasteiger partial charge in [0.15, 0.2) is 11.5 Å². The van der Waals surface area contributed by atoms with Crippen LogP contribution >= 0.6 is 0 Å². The van der Waals surface area contributed by atoms with E-state index in [1.807, 2.05) is 22.9 Å². The van der Waals surface area contributed by atoms with Crippen molar-refractivity contribution in [3.05, 3.63) is 72.6 Å². The number of piperidine rings is 1. The molecule has 1 fully saturated rings. The standard InChI is InChI=1S/C26H32FN3O4/c1-32-24-8-3-21(17-25(24)33-16-2-12-30-15-11-28-20-30)18-29-13-9-26(31,10-14-29)19-34-23-6-4-22(27)5-7-23/h3-8,11,15,17,20,31H,2,9-10,12-14,16,18-19H2,1H3. The number of hydrogen-bond donors (Lipinski definition) is 1. The topological polar surface area (TPSA) is 69.0 Å². The Labute approximate surface area is 199 Å². The van der Waals surface area contributed by atoms with Gasteiger partial charge in [-0.05, 0) is 61.2 Å². The summed E-state index contributed by atoms with van der Waals surface area (Å²) in [7, 11) is 1.65. The Hall–Kier alpha value is -3.10. The first-order valence-corrected chi connectivity index (χ1v) is 11.6. The van der Waals surface area contributed by atoms with Gasteiger partial charge in [0, 0.05) is 38.6 Å². The molecule has 0 aliphatic carbocycles. The van der Waals surface area contributed by atoms with Gasteiger partial charge in [-0.1, -0.05) is 6.07 Å². The van der Waals surface area contributed by atoms with Crippen molar-refractivity contribution in [1.82, 2.24) is 14.5 Å². The first-order chi connectivity index (χ1) is 16.5. The molecule has 0 spiro atoms. The Balaban J connectivity index is 1.25. The highest BCUT2D eigenvalue weighted by Crippen LogP contribution is 2.30. The van der Waals surface area contributed by atoms with Gasteiger partial charge in [0.25, 0.3) is 0 Å². The van der Waals surface area contributed by atoms with Gasteiger partial charge in [-0.15, -0.1) is 0 Å². The van der Waals surface area contributed by atoms with Gasteiger partial charge in [-0.3, -0.25) is 4.90 Å². The van der Waals surface area contributed by atoms with Crippen molar-refractivity contribution in [2.75, 3.05) is 33.4 Å². The van der Waals surface area contributed by atoms with Gasteiger partial charge in [0.1, 0.15) is 23.8 Å². The zero-order valence-corrected chi connectivity index (χ0v) is 19.5. The first kappa shape index (κ1) is 24.0. The maximum Gasteiger partial charge on any atom is 0.161 e. The van der Waals surface area contributed by atoms with Gasteiger partial charge in [-0.25, -0.2) is 9.37 Å². The van der Waals surface area contributed by atoms with Crippen molar-refractivity contribution in [2.45, 2.75) is 38.0 Å². The fraction of sp³-hybridized carbons (Fsp3) is 0.423. The van der Waals surface area contributed by atoms with Crippen LogP contribution in [0, 0.1) is 5.82 Å². The number of imidazole rings is 1. The third-order valence-corrected chi connectivity index (χ3v) is 6.12. The van der Waals surface area contributed by atoms with E-state index >= 15 is 0 Å². The molecule has 0 atom stereocenters. The van der Waals surface area contributed by atoms with Gasteiger partial charge < -0.3 is 23.9 Å². The highest BCUT2D eigenvalue weighted by atomic mass is 19.1. The van der Waals surface area contributed by atoms with Gasteiger partial charge in [0.05, 0.1) is 20.0 Å². The molecular weight excluding hydrogens is 437 g/mol. The molecule has 7 nitrogen and oxygen atoms in total. The molecule has 0 unspecified atom stereocenters. The lowest BCUT2D eigenvalue weighted by atomic mass is 9.92. The molecule has 3 aromatic rings. The molecule has 1 aliphatic rings. The van der Waals surface area contributed by atoms with Gasteiger partial charge in [0.2, 0.25) is 0 Å². The molecule has 182 valence electrons. The summed E-state index contributed by atoms with van der Waals surface area (Å²) >= 11 is 0. The Kier molecular flexibility index (Phi) is 8.03. The number of likely N-dealkylation sites (tertiary alicyclic amines) is 1. The molecule has 0 radical (unpaired) electrons. The van der Waals surface area contributed by atoms with Crippen LogP contribution in [-0.4, -0.2) is 58.6 Å². The van der Waals surface area contributed by atoms with Crippen LogP contribution in [-0.2, 0) is 13.1 Å². The van der Waals surface area contributed by atoms with E-state index in [2.05, 4.69) is 16.0 Å². The largest absolute Gasteiger partial charge is 0.493 e. The number of aryl methyl sites for hydroxylation is 1. The summed E-state index contributed by atoms with van der Waals surface area (Å²) in [5.41, 5.74) is 0.257. The van der Waals surface area contributed by atoms with E-state index < -0.39 is 5.60 Å². The predicted molar refractivity (Wildman–Crippen MR) is 127 cm³/mol. The minimum Gasteiger partial charge on any atom is -0.493 e. The average molecular weight is 470 g/mol. The molecule has 4 rings (SSSR count). The van der Waals surface area contributed by atoms with Crippen molar-refractivity contribution >= 4 is 0 Å². The first-order valence-electron chi connectivity index (χ1n) is 11.6. The quantitative estimate of drug-likeness (QED) is 0.430. The fourth-order valence-electron chi connectivity index (χ4n) is 4.06.